The molecule has 3 rings (SSSR count). The van der Waals surface area contributed by atoms with Crippen molar-refractivity contribution in [3.05, 3.63) is 58.8 Å². The van der Waals surface area contributed by atoms with Crippen LogP contribution in [-0.2, 0) is 4.74 Å². The Hall–Kier alpha value is -2.26. The summed E-state index contributed by atoms with van der Waals surface area (Å²) in [5, 5.41) is 11.4. The lowest BCUT2D eigenvalue weighted by atomic mass is 10.3. The van der Waals surface area contributed by atoms with E-state index in [9.17, 15) is 14.9 Å². The van der Waals surface area contributed by atoms with Crippen molar-refractivity contribution in [3.8, 4) is 5.75 Å². The molecule has 0 aliphatic heterocycles. The van der Waals surface area contributed by atoms with Crippen LogP contribution >= 0.6 is 22.5 Å². The third kappa shape index (κ3) is 6.93. The molecule has 0 bridgehead atoms. The molecule has 0 radical (unpaired) electrons. The number of ether oxygens (including phenoxy) is 2. The molecule has 1 aliphatic carbocycles. The highest BCUT2D eigenvalue weighted by Crippen LogP contribution is 2.22. The number of nitro groups is 1. The monoisotopic (exact) mass is 394 g/mol. The van der Waals surface area contributed by atoms with Crippen LogP contribution < -0.4 is 4.74 Å². The fourth-order valence-electron chi connectivity index (χ4n) is 2.30. The number of aromatic nitrogens is 1. The summed E-state index contributed by atoms with van der Waals surface area (Å²) in [6.07, 6.45) is 4.81. The lowest BCUT2D eigenvalue weighted by Crippen LogP contribution is -2.18. The second-order valence-electron chi connectivity index (χ2n) is 5.39. The number of rotatable bonds is 4. The minimum Gasteiger partial charge on any atom is -0.431 e. The first-order valence-corrected chi connectivity index (χ1v) is 9.80. The standard InChI is InChI=1S/C12H13NO5.C5H5NS2/c14-12(17-10-3-1-2-4-10)18-11-7-5-9(6-8-11)13(15)16;7-8-5-3-1-2-4-6-5/h5-8,10H,1-4H2;1-4,7H. The quantitative estimate of drug-likeness (QED) is 0.193. The van der Waals surface area contributed by atoms with Gasteiger partial charge in [0.25, 0.3) is 5.69 Å². The number of pyridine rings is 1. The van der Waals surface area contributed by atoms with Crippen molar-refractivity contribution in [1.29, 1.82) is 0 Å². The topological polar surface area (TPSA) is 91.6 Å². The molecule has 0 amide bonds. The van der Waals surface area contributed by atoms with Crippen LogP contribution in [0.4, 0.5) is 10.5 Å². The van der Waals surface area contributed by atoms with E-state index in [1.54, 1.807) is 6.20 Å². The number of carbonyl (C=O) groups is 1. The van der Waals surface area contributed by atoms with Gasteiger partial charge >= 0.3 is 6.16 Å². The van der Waals surface area contributed by atoms with Gasteiger partial charge in [0.15, 0.2) is 0 Å². The lowest BCUT2D eigenvalue weighted by molar-refractivity contribution is -0.384. The Bertz CT molecular complexity index is 707. The second-order valence-corrected chi connectivity index (χ2v) is 6.54. The van der Waals surface area contributed by atoms with E-state index < -0.39 is 11.1 Å². The smallest absolute Gasteiger partial charge is 0.431 e. The van der Waals surface area contributed by atoms with Crippen molar-refractivity contribution in [2.75, 3.05) is 0 Å². The number of nitrogens with zero attached hydrogens (tertiary/aromatic N) is 2. The molecule has 138 valence electrons. The lowest BCUT2D eigenvalue weighted by Gasteiger charge is -2.10. The molecule has 7 nitrogen and oxygen atoms in total. The summed E-state index contributed by atoms with van der Waals surface area (Å²) in [5.74, 6) is 0.239. The molecule has 0 atom stereocenters. The Labute approximate surface area is 160 Å². The summed E-state index contributed by atoms with van der Waals surface area (Å²) < 4.78 is 10.0. The van der Waals surface area contributed by atoms with Crippen LogP contribution in [0.1, 0.15) is 25.7 Å². The van der Waals surface area contributed by atoms with Crippen molar-refractivity contribution in [1.82, 2.24) is 4.98 Å². The van der Waals surface area contributed by atoms with Crippen LogP contribution in [0.2, 0.25) is 0 Å². The summed E-state index contributed by atoms with van der Waals surface area (Å²) in [5.41, 5.74) is -0.0495. The molecule has 26 heavy (non-hydrogen) atoms. The molecule has 1 aromatic carbocycles. The summed E-state index contributed by atoms with van der Waals surface area (Å²) in [4.78, 5) is 25.3. The maximum absolute atomic E-state index is 11.4. The number of hydrogen-bond donors (Lipinski definition) is 1. The Morgan fingerprint density at radius 2 is 1.88 bits per heavy atom. The van der Waals surface area contributed by atoms with E-state index in [0.29, 0.717) is 0 Å². The maximum Gasteiger partial charge on any atom is 0.514 e. The zero-order valence-electron chi connectivity index (χ0n) is 13.8. The van der Waals surface area contributed by atoms with Gasteiger partial charge in [0, 0.05) is 18.3 Å². The highest BCUT2D eigenvalue weighted by atomic mass is 33.1. The minimum atomic E-state index is -0.754. The third-order valence-electron chi connectivity index (χ3n) is 3.55. The average molecular weight is 394 g/mol. The molecule has 0 unspecified atom stereocenters. The molecule has 2 aromatic rings. The molecule has 0 N–H and O–H groups in total. The van der Waals surface area contributed by atoms with Crippen molar-refractivity contribution >= 4 is 34.3 Å². The Kier molecular flexibility index (Phi) is 8.23. The van der Waals surface area contributed by atoms with E-state index in [1.165, 1.54) is 35.1 Å². The highest BCUT2D eigenvalue weighted by Gasteiger charge is 2.20. The Morgan fingerprint density at radius 1 is 1.19 bits per heavy atom. The second kappa shape index (κ2) is 10.7. The van der Waals surface area contributed by atoms with Gasteiger partial charge in [-0.1, -0.05) is 6.07 Å². The average Bonchev–Trinajstić information content (AvgIpc) is 3.16. The predicted octanol–water partition coefficient (Wildman–Crippen LogP) is 5.07. The first-order chi connectivity index (χ1) is 12.6. The van der Waals surface area contributed by atoms with E-state index >= 15 is 0 Å². The highest BCUT2D eigenvalue weighted by molar-refractivity contribution is 8.68. The number of benzene rings is 1. The molecule has 1 heterocycles. The fraction of sp³-hybridized carbons (Fsp3) is 0.294. The van der Waals surface area contributed by atoms with Gasteiger partial charge in [0.2, 0.25) is 0 Å². The zero-order chi connectivity index (χ0) is 18.8. The van der Waals surface area contributed by atoms with Gasteiger partial charge < -0.3 is 9.47 Å². The predicted molar refractivity (Wildman–Crippen MR) is 102 cm³/mol. The molecule has 1 aromatic heterocycles. The molecule has 1 saturated carbocycles. The van der Waals surface area contributed by atoms with Crippen LogP contribution in [0.25, 0.3) is 0 Å². The van der Waals surface area contributed by atoms with Crippen LogP contribution in [-0.4, -0.2) is 22.2 Å². The van der Waals surface area contributed by atoms with E-state index in [1.807, 2.05) is 18.2 Å². The minimum absolute atomic E-state index is 0.0495. The SMILES string of the molecule is O=C(Oc1ccc([N+](=O)[O-])cc1)OC1CCCC1.SSc1ccccn1. The van der Waals surface area contributed by atoms with Crippen molar-refractivity contribution in [2.24, 2.45) is 0 Å². The number of nitro benzene ring substituents is 1. The summed E-state index contributed by atoms with van der Waals surface area (Å²) >= 11 is 3.96. The van der Waals surface area contributed by atoms with Crippen molar-refractivity contribution in [2.45, 2.75) is 36.8 Å². The van der Waals surface area contributed by atoms with Gasteiger partial charge in [-0.2, -0.15) is 0 Å². The summed E-state index contributed by atoms with van der Waals surface area (Å²) in [6.45, 7) is 0. The van der Waals surface area contributed by atoms with Gasteiger partial charge in [-0.05, 0) is 60.7 Å². The first kappa shape index (κ1) is 20.1. The molecule has 1 fully saturated rings. The molecule has 1 aliphatic rings. The molecular weight excluding hydrogens is 376 g/mol. The number of non-ortho nitro benzene ring substituents is 1. The van der Waals surface area contributed by atoms with Crippen LogP contribution in [0.3, 0.4) is 0 Å². The van der Waals surface area contributed by atoms with Crippen LogP contribution in [0, 0.1) is 10.1 Å². The molecule has 0 spiro atoms. The van der Waals surface area contributed by atoms with E-state index in [4.69, 9.17) is 9.47 Å². The van der Waals surface area contributed by atoms with E-state index in [-0.39, 0.29) is 17.5 Å². The van der Waals surface area contributed by atoms with E-state index in [2.05, 4.69) is 16.6 Å². The Balaban J connectivity index is 0.000000254. The number of thiol groups is 1. The van der Waals surface area contributed by atoms with Crippen molar-refractivity contribution < 1.29 is 19.2 Å². The molecule has 9 heteroatoms. The normalized spacial score (nSPS) is 13.4. The first-order valence-electron chi connectivity index (χ1n) is 7.94. The van der Waals surface area contributed by atoms with Gasteiger partial charge in [0.05, 0.1) is 4.92 Å². The fourth-order valence-corrected chi connectivity index (χ4v) is 2.87. The summed E-state index contributed by atoms with van der Waals surface area (Å²) in [7, 11) is 1.35. The number of carbonyl (C=O) groups excluding carboxylic acids is 1. The molecule has 0 saturated heterocycles. The van der Waals surface area contributed by atoms with Gasteiger partial charge in [-0.25, -0.2) is 9.78 Å². The van der Waals surface area contributed by atoms with Crippen LogP contribution in [0.5, 0.6) is 5.75 Å². The van der Waals surface area contributed by atoms with Gasteiger partial charge in [-0.3, -0.25) is 10.1 Å². The largest absolute Gasteiger partial charge is 0.514 e. The van der Waals surface area contributed by atoms with Gasteiger partial charge in [-0.15, -0.1) is 11.7 Å². The Morgan fingerprint density at radius 3 is 2.38 bits per heavy atom. The van der Waals surface area contributed by atoms with Crippen molar-refractivity contribution in [3.63, 3.8) is 0 Å². The zero-order valence-corrected chi connectivity index (χ0v) is 15.5. The number of hydrogen-bond acceptors (Lipinski definition) is 8. The van der Waals surface area contributed by atoms with Crippen LogP contribution in [0.15, 0.2) is 53.7 Å². The maximum atomic E-state index is 11.4. The molecular formula is C17H18N2O5S2. The summed E-state index contributed by atoms with van der Waals surface area (Å²) in [6, 6.07) is 11.0. The third-order valence-corrected chi connectivity index (χ3v) is 4.53. The van der Waals surface area contributed by atoms with E-state index in [0.717, 1.165) is 30.7 Å². The van der Waals surface area contributed by atoms with Gasteiger partial charge in [0.1, 0.15) is 16.9 Å².